The first kappa shape index (κ1) is 9.74. The minimum atomic E-state index is 0.964. The van der Waals surface area contributed by atoms with Gasteiger partial charge in [0.2, 0.25) is 0 Å². The summed E-state index contributed by atoms with van der Waals surface area (Å²) in [6, 6.07) is 8.24. The molecule has 0 aliphatic rings. The van der Waals surface area contributed by atoms with Crippen LogP contribution in [0, 0.1) is 4.51 Å². The number of nitrogens with zero attached hydrogens (tertiary/aromatic N) is 1. The van der Waals surface area contributed by atoms with Gasteiger partial charge in [-0.25, -0.2) is 0 Å². The van der Waals surface area contributed by atoms with Crippen molar-refractivity contribution in [1.82, 2.24) is 4.57 Å². The Morgan fingerprint density at radius 1 is 1.29 bits per heavy atom. The molecular weight excluding hydrogens is 210 g/mol. The van der Waals surface area contributed by atoms with Crippen molar-refractivity contribution >= 4 is 34.9 Å². The molecule has 0 spiro atoms. The highest BCUT2D eigenvalue weighted by Crippen LogP contribution is 2.23. The molecule has 1 heterocycles. The molecule has 1 aromatic heterocycles. The second-order valence-corrected chi connectivity index (χ2v) is 4.41. The second kappa shape index (κ2) is 3.75. The van der Waals surface area contributed by atoms with Crippen LogP contribution in [0.1, 0.15) is 0 Å². The minimum absolute atomic E-state index is 0.964. The van der Waals surface area contributed by atoms with E-state index in [1.807, 2.05) is 12.1 Å². The van der Waals surface area contributed by atoms with E-state index in [-0.39, 0.29) is 0 Å². The Morgan fingerprint density at radius 2 is 2.00 bits per heavy atom. The maximum Gasteiger partial charge on any atom is 0.0620 e. The van der Waals surface area contributed by atoms with Crippen LogP contribution in [0.15, 0.2) is 35.4 Å². The van der Waals surface area contributed by atoms with Gasteiger partial charge in [0, 0.05) is 29.0 Å². The highest BCUT2D eigenvalue weighted by atomic mass is 32.2. The molecule has 1 aromatic carbocycles. The van der Waals surface area contributed by atoms with E-state index >= 15 is 0 Å². The average Bonchev–Trinajstić information content (AvgIpc) is 2.23. The molecular formula is C11H11NS2. The maximum absolute atomic E-state index is 5.42. The van der Waals surface area contributed by atoms with Gasteiger partial charge in [-0.15, -0.1) is 11.8 Å². The molecule has 2 aromatic rings. The van der Waals surface area contributed by atoms with Crippen LogP contribution >= 0.6 is 24.0 Å². The summed E-state index contributed by atoms with van der Waals surface area (Å²) in [5.74, 6) is 0. The van der Waals surface area contributed by atoms with Crippen LogP contribution in [0.4, 0.5) is 0 Å². The summed E-state index contributed by atoms with van der Waals surface area (Å²) in [6.07, 6.45) is 4.15. The van der Waals surface area contributed by atoms with Crippen molar-refractivity contribution in [1.29, 1.82) is 0 Å². The van der Waals surface area contributed by atoms with Crippen molar-refractivity contribution in [3.8, 4) is 0 Å². The van der Waals surface area contributed by atoms with Gasteiger partial charge in [-0.3, -0.25) is 0 Å². The van der Waals surface area contributed by atoms with Gasteiger partial charge in [0.15, 0.2) is 0 Å². The highest BCUT2D eigenvalue weighted by Gasteiger charge is 2.01. The van der Waals surface area contributed by atoms with E-state index in [4.69, 9.17) is 12.2 Å². The molecule has 0 saturated heterocycles. The zero-order valence-electron chi connectivity index (χ0n) is 8.15. The van der Waals surface area contributed by atoms with E-state index in [9.17, 15) is 0 Å². The molecule has 0 unspecified atom stereocenters. The summed E-state index contributed by atoms with van der Waals surface area (Å²) < 4.78 is 3.09. The summed E-state index contributed by atoms with van der Waals surface area (Å²) >= 11 is 7.12. The highest BCUT2D eigenvalue weighted by molar-refractivity contribution is 7.98. The van der Waals surface area contributed by atoms with E-state index in [0.29, 0.717) is 0 Å². The van der Waals surface area contributed by atoms with E-state index in [0.717, 1.165) is 9.90 Å². The van der Waals surface area contributed by atoms with Crippen molar-refractivity contribution in [2.75, 3.05) is 6.26 Å². The fraction of sp³-hybridized carbons (Fsp3) is 0.182. The fourth-order valence-electron chi connectivity index (χ4n) is 1.56. The average molecular weight is 221 g/mol. The van der Waals surface area contributed by atoms with Crippen molar-refractivity contribution in [3.05, 3.63) is 35.0 Å². The molecule has 14 heavy (non-hydrogen) atoms. The molecule has 0 amide bonds. The van der Waals surface area contributed by atoms with Crippen LogP contribution in [0.25, 0.3) is 10.9 Å². The van der Waals surface area contributed by atoms with Crippen LogP contribution in [-0.4, -0.2) is 10.8 Å². The van der Waals surface area contributed by atoms with Crippen LogP contribution < -0.4 is 0 Å². The van der Waals surface area contributed by atoms with Crippen molar-refractivity contribution in [3.63, 3.8) is 0 Å². The molecule has 0 N–H and O–H groups in total. The Morgan fingerprint density at radius 3 is 2.71 bits per heavy atom. The quantitative estimate of drug-likeness (QED) is 0.535. The first-order valence-corrected chi connectivity index (χ1v) is 5.99. The van der Waals surface area contributed by atoms with E-state index in [2.05, 4.69) is 36.2 Å². The molecule has 2 rings (SSSR count). The predicted molar refractivity (Wildman–Crippen MR) is 65.5 cm³/mol. The topological polar surface area (TPSA) is 4.93 Å². The third-order valence-electron chi connectivity index (χ3n) is 2.28. The summed E-state index contributed by atoms with van der Waals surface area (Å²) in [6.45, 7) is 0. The van der Waals surface area contributed by atoms with E-state index < -0.39 is 0 Å². The van der Waals surface area contributed by atoms with E-state index in [1.165, 1.54) is 10.4 Å². The number of thioether (sulfide) groups is 1. The lowest BCUT2D eigenvalue weighted by Crippen LogP contribution is -1.93. The van der Waals surface area contributed by atoms with Gasteiger partial charge in [-0.1, -0.05) is 30.4 Å². The predicted octanol–water partition coefficient (Wildman–Crippen LogP) is 3.63. The Balaban J connectivity index is 2.95. The van der Waals surface area contributed by atoms with Crippen molar-refractivity contribution in [2.45, 2.75) is 4.90 Å². The first-order chi connectivity index (χ1) is 6.74. The number of hydrogen-bond acceptors (Lipinski definition) is 2. The molecule has 0 aliphatic carbocycles. The fourth-order valence-corrected chi connectivity index (χ4v) is 2.59. The molecule has 0 saturated carbocycles. The molecule has 0 aliphatic heterocycles. The Bertz CT molecular complexity index is 528. The number of para-hydroxylation sites is 1. The van der Waals surface area contributed by atoms with Gasteiger partial charge < -0.3 is 4.57 Å². The Kier molecular flexibility index (Phi) is 2.61. The minimum Gasteiger partial charge on any atom is -0.349 e. The summed E-state index contributed by atoms with van der Waals surface area (Å²) in [5.41, 5.74) is 1.19. The lowest BCUT2D eigenvalue weighted by Gasteiger charge is -2.08. The van der Waals surface area contributed by atoms with Gasteiger partial charge >= 0.3 is 0 Å². The number of hydrogen-bond donors (Lipinski definition) is 0. The SMILES string of the molecule is CSc1cn(C)c2ccccc2c1=S. The molecule has 0 bridgehead atoms. The molecule has 72 valence electrons. The van der Waals surface area contributed by atoms with Gasteiger partial charge in [-0.05, 0) is 12.3 Å². The van der Waals surface area contributed by atoms with Gasteiger partial charge in [0.05, 0.1) is 4.51 Å². The number of pyridine rings is 1. The maximum atomic E-state index is 5.42. The van der Waals surface area contributed by atoms with Crippen molar-refractivity contribution < 1.29 is 0 Å². The zero-order chi connectivity index (χ0) is 10.1. The first-order valence-electron chi connectivity index (χ1n) is 4.36. The summed E-state index contributed by atoms with van der Waals surface area (Å²) in [4.78, 5) is 1.17. The Hall–Kier alpha value is -0.800. The number of aromatic nitrogens is 1. The number of rotatable bonds is 1. The second-order valence-electron chi connectivity index (χ2n) is 3.15. The molecule has 0 atom stereocenters. The molecule has 1 nitrogen and oxygen atoms in total. The van der Waals surface area contributed by atoms with Gasteiger partial charge in [0.25, 0.3) is 0 Å². The van der Waals surface area contributed by atoms with Crippen LogP contribution in [-0.2, 0) is 7.05 Å². The number of fused-ring (bicyclic) bond motifs is 1. The third-order valence-corrected chi connectivity index (χ3v) is 3.60. The number of benzene rings is 1. The molecule has 0 fully saturated rings. The normalized spacial score (nSPS) is 10.7. The Labute approximate surface area is 92.8 Å². The van der Waals surface area contributed by atoms with Crippen molar-refractivity contribution in [2.24, 2.45) is 7.05 Å². The molecule has 3 heteroatoms. The lowest BCUT2D eigenvalue weighted by atomic mass is 10.2. The van der Waals surface area contributed by atoms with Gasteiger partial charge in [0.1, 0.15) is 0 Å². The largest absolute Gasteiger partial charge is 0.349 e. The third kappa shape index (κ3) is 1.47. The summed E-state index contributed by atoms with van der Waals surface area (Å²) in [7, 11) is 2.05. The lowest BCUT2D eigenvalue weighted by molar-refractivity contribution is 0.928. The zero-order valence-corrected chi connectivity index (χ0v) is 9.78. The van der Waals surface area contributed by atoms with Crippen LogP contribution in [0.5, 0.6) is 0 Å². The van der Waals surface area contributed by atoms with Gasteiger partial charge in [-0.2, -0.15) is 0 Å². The standard InChI is InChI=1S/C11H11NS2/c1-12-7-10(14-2)11(13)8-5-3-4-6-9(8)12/h3-7H,1-2H3. The van der Waals surface area contributed by atoms with Crippen LogP contribution in [0.2, 0.25) is 0 Å². The summed E-state index contributed by atoms with van der Waals surface area (Å²) in [5, 5.41) is 1.16. The van der Waals surface area contributed by atoms with E-state index in [1.54, 1.807) is 11.8 Å². The number of aryl methyl sites for hydroxylation is 1. The monoisotopic (exact) mass is 221 g/mol. The van der Waals surface area contributed by atoms with Crippen LogP contribution in [0.3, 0.4) is 0 Å². The smallest absolute Gasteiger partial charge is 0.0620 e. The molecule has 0 radical (unpaired) electrons.